The van der Waals surface area contributed by atoms with E-state index in [4.69, 9.17) is 14.2 Å². The van der Waals surface area contributed by atoms with Crippen molar-refractivity contribution in [2.24, 2.45) is 5.92 Å². The van der Waals surface area contributed by atoms with Crippen molar-refractivity contribution in [3.8, 4) is 0 Å². The highest BCUT2D eigenvalue weighted by atomic mass is 16.6. The Balaban J connectivity index is 2.43. The molecule has 1 saturated heterocycles. The summed E-state index contributed by atoms with van der Waals surface area (Å²) < 4.78 is 17.0. The number of aliphatic hydroxyl groups is 1. The highest BCUT2D eigenvalue weighted by molar-refractivity contribution is 5.66. The first kappa shape index (κ1) is 18.9. The Hall–Kier alpha value is -2.46. The van der Waals surface area contributed by atoms with Crippen LogP contribution in [0.4, 0.5) is 0 Å². The summed E-state index contributed by atoms with van der Waals surface area (Å²) in [4.78, 5) is 48.3. The Bertz CT molecular complexity index is 768. The molecule has 0 aromatic carbocycles. The second-order valence-corrected chi connectivity index (χ2v) is 5.77. The minimum absolute atomic E-state index is 0.161. The quantitative estimate of drug-likeness (QED) is 0.631. The fourth-order valence-corrected chi connectivity index (χ4v) is 2.71. The van der Waals surface area contributed by atoms with Gasteiger partial charge in [-0.3, -0.25) is 23.9 Å². The number of aliphatic hydroxyl groups excluding tert-OH is 1. The van der Waals surface area contributed by atoms with Gasteiger partial charge in [-0.1, -0.05) is 0 Å². The van der Waals surface area contributed by atoms with Crippen LogP contribution in [0.15, 0.2) is 15.8 Å². The molecule has 4 atom stereocenters. The van der Waals surface area contributed by atoms with E-state index in [1.54, 1.807) is 0 Å². The first-order chi connectivity index (χ1) is 11.7. The van der Waals surface area contributed by atoms with E-state index in [0.29, 0.717) is 0 Å². The maximum Gasteiger partial charge on any atom is 0.330 e. The zero-order valence-electron chi connectivity index (χ0n) is 14.1. The van der Waals surface area contributed by atoms with Crippen molar-refractivity contribution < 1.29 is 28.9 Å². The van der Waals surface area contributed by atoms with Crippen LogP contribution in [0.3, 0.4) is 0 Å². The van der Waals surface area contributed by atoms with Gasteiger partial charge in [0.05, 0.1) is 18.6 Å². The lowest BCUT2D eigenvalue weighted by Gasteiger charge is -2.24. The second-order valence-electron chi connectivity index (χ2n) is 5.77. The van der Waals surface area contributed by atoms with Crippen LogP contribution in [0.1, 0.15) is 25.6 Å². The van der Waals surface area contributed by atoms with Crippen LogP contribution in [0.2, 0.25) is 0 Å². The van der Waals surface area contributed by atoms with E-state index in [1.165, 1.54) is 27.0 Å². The molecule has 10 heteroatoms. The van der Waals surface area contributed by atoms with Crippen LogP contribution < -0.4 is 11.2 Å². The molecule has 0 saturated carbocycles. The average molecular weight is 356 g/mol. The Morgan fingerprint density at radius 3 is 2.56 bits per heavy atom. The highest BCUT2D eigenvalue weighted by Gasteiger charge is 2.48. The highest BCUT2D eigenvalue weighted by Crippen LogP contribution is 2.35. The number of carbonyl (C=O) groups is 2. The van der Waals surface area contributed by atoms with E-state index in [2.05, 4.69) is 4.98 Å². The summed E-state index contributed by atoms with van der Waals surface area (Å²) in [6.45, 7) is 3.32. The van der Waals surface area contributed by atoms with Crippen LogP contribution in [0.5, 0.6) is 0 Å². The number of ether oxygens (including phenoxy) is 3. The molecule has 2 heterocycles. The Labute approximate surface area is 142 Å². The van der Waals surface area contributed by atoms with Crippen molar-refractivity contribution in [1.82, 2.24) is 9.55 Å². The van der Waals surface area contributed by atoms with Crippen LogP contribution >= 0.6 is 0 Å². The van der Waals surface area contributed by atoms with Gasteiger partial charge < -0.3 is 19.3 Å². The molecule has 0 aliphatic carbocycles. The average Bonchev–Trinajstić information content (AvgIpc) is 2.85. The fourth-order valence-electron chi connectivity index (χ4n) is 2.71. The van der Waals surface area contributed by atoms with E-state index in [0.717, 1.165) is 4.57 Å². The van der Waals surface area contributed by atoms with Crippen LogP contribution in [-0.4, -0.2) is 52.0 Å². The standard InChI is InChI=1S/C15H20N2O8/c1-7-4-17(15(22)16-13(7)21)14-12(24-9(3)20)10(6-23-8(2)19)11(5-18)25-14/h4,10-12,14,18H,5-6H2,1-3H3,(H,16,21,22)/t10-,11-,12-,14-/m1/s1. The van der Waals surface area contributed by atoms with Gasteiger partial charge >= 0.3 is 17.6 Å². The van der Waals surface area contributed by atoms with Crippen LogP contribution in [-0.2, 0) is 23.8 Å². The number of aromatic amines is 1. The van der Waals surface area contributed by atoms with Crippen LogP contribution in [0, 0.1) is 12.8 Å². The molecular formula is C15H20N2O8. The normalized spacial score (nSPS) is 25.6. The van der Waals surface area contributed by atoms with Crippen molar-refractivity contribution in [3.63, 3.8) is 0 Å². The fraction of sp³-hybridized carbons (Fsp3) is 0.600. The zero-order chi connectivity index (χ0) is 18.7. The van der Waals surface area contributed by atoms with Gasteiger partial charge in [-0.25, -0.2) is 4.79 Å². The third kappa shape index (κ3) is 4.15. The van der Waals surface area contributed by atoms with Crippen molar-refractivity contribution in [3.05, 3.63) is 32.6 Å². The Morgan fingerprint density at radius 1 is 1.32 bits per heavy atom. The molecule has 0 unspecified atom stereocenters. The maximum atomic E-state index is 12.1. The number of esters is 2. The maximum absolute atomic E-state index is 12.1. The summed E-state index contributed by atoms with van der Waals surface area (Å²) in [5, 5.41) is 9.54. The van der Waals surface area contributed by atoms with E-state index in [-0.39, 0.29) is 12.2 Å². The number of nitrogens with zero attached hydrogens (tertiary/aromatic N) is 1. The number of H-pyrrole nitrogens is 1. The van der Waals surface area contributed by atoms with E-state index >= 15 is 0 Å². The van der Waals surface area contributed by atoms with Gasteiger partial charge in [0.15, 0.2) is 12.3 Å². The van der Waals surface area contributed by atoms with Crippen molar-refractivity contribution in [2.75, 3.05) is 13.2 Å². The molecule has 138 valence electrons. The SMILES string of the molecule is CC(=O)OC[C@H]1[C@@H](OC(C)=O)[C@H](n2cc(C)c(=O)[nH]c2=O)O[C@@H]1CO. The number of rotatable bonds is 5. The van der Waals surface area contributed by atoms with Gasteiger partial charge in [0.2, 0.25) is 0 Å². The molecule has 2 N–H and O–H groups in total. The third-order valence-electron chi connectivity index (χ3n) is 3.88. The summed E-state index contributed by atoms with van der Waals surface area (Å²) in [6, 6.07) is 0. The summed E-state index contributed by atoms with van der Waals surface area (Å²) >= 11 is 0. The van der Waals surface area contributed by atoms with Gasteiger partial charge in [0, 0.05) is 25.6 Å². The molecule has 0 bridgehead atoms. The predicted molar refractivity (Wildman–Crippen MR) is 82.7 cm³/mol. The molecule has 1 aliphatic heterocycles. The molecule has 0 spiro atoms. The van der Waals surface area contributed by atoms with Gasteiger partial charge in [0.25, 0.3) is 5.56 Å². The Morgan fingerprint density at radius 2 is 2.00 bits per heavy atom. The number of hydrogen-bond acceptors (Lipinski definition) is 8. The smallest absolute Gasteiger partial charge is 0.330 e. The van der Waals surface area contributed by atoms with Gasteiger partial charge in [-0.2, -0.15) is 0 Å². The summed E-state index contributed by atoms with van der Waals surface area (Å²) in [5.74, 6) is -1.85. The number of aromatic nitrogens is 2. The summed E-state index contributed by atoms with van der Waals surface area (Å²) in [6.07, 6.45) is -1.61. The molecular weight excluding hydrogens is 336 g/mol. The predicted octanol–water partition coefficient (Wildman–Crippen LogP) is -1.15. The molecule has 2 rings (SSSR count). The number of aryl methyl sites for hydroxylation is 1. The molecule has 25 heavy (non-hydrogen) atoms. The molecule has 0 radical (unpaired) electrons. The lowest BCUT2D eigenvalue weighted by atomic mass is 9.99. The van der Waals surface area contributed by atoms with Gasteiger partial charge in [-0.05, 0) is 6.92 Å². The summed E-state index contributed by atoms with van der Waals surface area (Å²) in [7, 11) is 0. The third-order valence-corrected chi connectivity index (χ3v) is 3.88. The minimum Gasteiger partial charge on any atom is -0.465 e. The largest absolute Gasteiger partial charge is 0.465 e. The van der Waals surface area contributed by atoms with E-state index < -0.39 is 54.1 Å². The first-order valence-electron chi connectivity index (χ1n) is 7.63. The lowest BCUT2D eigenvalue weighted by molar-refractivity contribution is -0.155. The van der Waals surface area contributed by atoms with Crippen molar-refractivity contribution in [1.29, 1.82) is 0 Å². The topological polar surface area (TPSA) is 137 Å². The first-order valence-corrected chi connectivity index (χ1v) is 7.63. The van der Waals surface area contributed by atoms with E-state index in [9.17, 15) is 24.3 Å². The number of carbonyl (C=O) groups excluding carboxylic acids is 2. The lowest BCUT2D eigenvalue weighted by Crippen LogP contribution is -2.40. The Kier molecular flexibility index (Phi) is 5.75. The van der Waals surface area contributed by atoms with Gasteiger partial charge in [-0.15, -0.1) is 0 Å². The minimum atomic E-state index is -1.08. The van der Waals surface area contributed by atoms with Gasteiger partial charge in [0.1, 0.15) is 6.61 Å². The molecule has 0 amide bonds. The molecule has 1 aliphatic rings. The number of nitrogens with one attached hydrogen (secondary N) is 1. The van der Waals surface area contributed by atoms with E-state index in [1.807, 2.05) is 0 Å². The van der Waals surface area contributed by atoms with Crippen LogP contribution in [0.25, 0.3) is 0 Å². The zero-order valence-corrected chi connectivity index (χ0v) is 14.1. The molecule has 1 aromatic heterocycles. The van der Waals surface area contributed by atoms with Crippen molar-refractivity contribution >= 4 is 11.9 Å². The molecule has 10 nitrogen and oxygen atoms in total. The summed E-state index contributed by atoms with van der Waals surface area (Å²) in [5.41, 5.74) is -1.03. The van der Waals surface area contributed by atoms with Crippen molar-refractivity contribution in [2.45, 2.75) is 39.2 Å². The second kappa shape index (κ2) is 7.62. The molecule has 1 fully saturated rings. The monoisotopic (exact) mass is 356 g/mol. The number of hydrogen-bond donors (Lipinski definition) is 2. The molecule has 1 aromatic rings.